The average Bonchev–Trinajstić information content (AvgIpc) is 3.72. The molecule has 218 valence electrons. The number of rotatable bonds is 4. The summed E-state index contributed by atoms with van der Waals surface area (Å²) in [6.45, 7) is 0. The molecule has 0 N–H and O–H groups in total. The van der Waals surface area contributed by atoms with E-state index in [0.29, 0.717) is 0 Å². The molecule has 0 radical (unpaired) electrons. The summed E-state index contributed by atoms with van der Waals surface area (Å²) in [7, 11) is 0. The first-order valence-electron chi connectivity index (χ1n) is 16.0. The maximum absolute atomic E-state index is 4.85. The van der Waals surface area contributed by atoms with Crippen LogP contribution in [-0.2, 0) is 0 Å². The molecular weight excluding hydrogens is 571 g/mol. The molecule has 10 rings (SSSR count). The summed E-state index contributed by atoms with van der Waals surface area (Å²) >= 11 is 0. The van der Waals surface area contributed by atoms with Gasteiger partial charge in [0.1, 0.15) is 0 Å². The van der Waals surface area contributed by atoms with Crippen LogP contribution in [0.25, 0.3) is 94.1 Å². The minimum Gasteiger partial charge on any atom is -0.227 e. The summed E-state index contributed by atoms with van der Waals surface area (Å²) in [6.07, 6.45) is 3.79. The maximum atomic E-state index is 4.85. The van der Waals surface area contributed by atoms with Crippen molar-refractivity contribution in [3.8, 4) is 66.9 Å². The Morgan fingerprint density at radius 3 is 1.68 bits per heavy atom. The van der Waals surface area contributed by atoms with Crippen molar-refractivity contribution >= 4 is 27.2 Å². The number of fused-ring (bicyclic) bond motifs is 5. The minimum absolute atomic E-state index is 0.840. The van der Waals surface area contributed by atoms with Crippen LogP contribution in [0.3, 0.4) is 0 Å². The van der Waals surface area contributed by atoms with Gasteiger partial charge in [0, 0.05) is 11.8 Å². The van der Waals surface area contributed by atoms with Crippen molar-refractivity contribution in [2.75, 3.05) is 0 Å². The summed E-state index contributed by atoms with van der Waals surface area (Å²) in [4.78, 5) is 4.85. The molecule has 0 saturated heterocycles. The van der Waals surface area contributed by atoms with E-state index in [1.807, 2.05) is 22.8 Å². The predicted octanol–water partition coefficient (Wildman–Crippen LogP) is 11.4. The van der Waals surface area contributed by atoms with Gasteiger partial charge in [0.2, 0.25) is 0 Å². The molecule has 1 aliphatic rings. The van der Waals surface area contributed by atoms with Crippen LogP contribution in [-0.4, -0.2) is 14.6 Å². The third-order valence-electron chi connectivity index (χ3n) is 9.63. The summed E-state index contributed by atoms with van der Waals surface area (Å²) in [5, 5.41) is 9.54. The van der Waals surface area contributed by atoms with E-state index >= 15 is 0 Å². The second-order valence-electron chi connectivity index (χ2n) is 12.2. The first kappa shape index (κ1) is 26.0. The predicted molar refractivity (Wildman–Crippen MR) is 194 cm³/mol. The fraction of sp³-hybridized carbons (Fsp3) is 0. The molecule has 0 amide bonds. The number of nitrogens with zero attached hydrogens (tertiary/aromatic N) is 3. The Bertz CT molecular complexity index is 2540. The van der Waals surface area contributed by atoms with Gasteiger partial charge in [0.25, 0.3) is 0 Å². The zero-order valence-corrected chi connectivity index (χ0v) is 25.4. The lowest BCUT2D eigenvalue weighted by molar-refractivity contribution is 0.936. The van der Waals surface area contributed by atoms with Gasteiger partial charge in [-0.2, -0.15) is 5.10 Å². The van der Waals surface area contributed by atoms with E-state index in [4.69, 9.17) is 4.98 Å². The van der Waals surface area contributed by atoms with E-state index in [1.165, 1.54) is 77.2 Å². The summed E-state index contributed by atoms with van der Waals surface area (Å²) in [5.74, 6) is 0. The van der Waals surface area contributed by atoms with Crippen LogP contribution in [0.5, 0.6) is 0 Å². The smallest absolute Gasteiger partial charge is 0.154 e. The highest BCUT2D eigenvalue weighted by Crippen LogP contribution is 2.58. The first-order valence-corrected chi connectivity index (χ1v) is 16.0. The highest BCUT2D eigenvalue weighted by atomic mass is 15.2. The van der Waals surface area contributed by atoms with Crippen LogP contribution in [0, 0.1) is 0 Å². The number of benzene rings is 7. The van der Waals surface area contributed by atoms with Gasteiger partial charge in [-0.1, -0.05) is 133 Å². The van der Waals surface area contributed by atoms with E-state index in [1.54, 1.807) is 6.20 Å². The molecule has 0 bridgehead atoms. The van der Waals surface area contributed by atoms with Crippen LogP contribution >= 0.6 is 0 Å². The van der Waals surface area contributed by atoms with E-state index in [9.17, 15) is 0 Å². The van der Waals surface area contributed by atoms with Gasteiger partial charge >= 0.3 is 0 Å². The molecule has 2 aromatic heterocycles. The highest BCUT2D eigenvalue weighted by molar-refractivity contribution is 6.28. The molecule has 0 atom stereocenters. The van der Waals surface area contributed by atoms with Gasteiger partial charge in [0.15, 0.2) is 5.65 Å². The number of imidazole rings is 1. The lowest BCUT2D eigenvalue weighted by Gasteiger charge is -2.20. The second kappa shape index (κ2) is 10.1. The molecule has 3 nitrogen and oxygen atoms in total. The number of hydrogen-bond donors (Lipinski definition) is 0. The lowest BCUT2D eigenvalue weighted by Crippen LogP contribution is -1.93. The molecule has 1 aliphatic carbocycles. The van der Waals surface area contributed by atoms with Crippen LogP contribution in [0.4, 0.5) is 0 Å². The number of hydrogen-bond acceptors (Lipinski definition) is 2. The molecule has 0 spiro atoms. The molecule has 47 heavy (non-hydrogen) atoms. The van der Waals surface area contributed by atoms with Crippen molar-refractivity contribution in [1.82, 2.24) is 14.6 Å². The average molecular weight is 598 g/mol. The molecule has 3 heteroatoms. The normalized spacial score (nSPS) is 11.8. The van der Waals surface area contributed by atoms with Gasteiger partial charge in [-0.15, -0.1) is 0 Å². The summed E-state index contributed by atoms with van der Waals surface area (Å²) in [5.41, 5.74) is 15.5. The molecule has 0 saturated carbocycles. The van der Waals surface area contributed by atoms with Gasteiger partial charge < -0.3 is 0 Å². The van der Waals surface area contributed by atoms with E-state index in [0.717, 1.165) is 16.9 Å². The van der Waals surface area contributed by atoms with Gasteiger partial charge in [0.05, 0.1) is 11.9 Å². The van der Waals surface area contributed by atoms with Crippen molar-refractivity contribution in [2.24, 2.45) is 0 Å². The standard InChI is InChI=1S/C44H27N3/c1-3-12-28(13-4-1)40-34-18-7-8-19-35(34)41(29-14-5-2-6-15-29)44-37-24-23-32(33-20-10-21-36(42(33)37)43(40)44)30-16-9-17-31(26-30)38-27-47-39(46-38)22-11-25-45-47/h1-27H. The summed E-state index contributed by atoms with van der Waals surface area (Å²) in [6, 6.07) is 54.8. The SMILES string of the molecule is c1ccc(-c2c3c(c(-c4ccccc4)c4ccccc24)-c2ccc(-c4cccc(-c5cn6ncccc6n5)c4)c4cccc-3c24)cc1. The van der Waals surface area contributed by atoms with E-state index in [-0.39, 0.29) is 0 Å². The topological polar surface area (TPSA) is 30.2 Å². The van der Waals surface area contributed by atoms with Crippen LogP contribution in [0.2, 0.25) is 0 Å². The molecule has 9 aromatic rings. The zero-order chi connectivity index (χ0) is 30.9. The van der Waals surface area contributed by atoms with Crippen molar-refractivity contribution in [3.05, 3.63) is 164 Å². The van der Waals surface area contributed by atoms with Gasteiger partial charge in [-0.25, -0.2) is 9.50 Å². The Hall–Kier alpha value is -6.32. The van der Waals surface area contributed by atoms with E-state index < -0.39 is 0 Å². The Morgan fingerprint density at radius 2 is 0.979 bits per heavy atom. The molecule has 0 unspecified atom stereocenters. The van der Waals surface area contributed by atoms with Gasteiger partial charge in [-0.05, 0) is 95.4 Å². The van der Waals surface area contributed by atoms with Crippen molar-refractivity contribution in [1.29, 1.82) is 0 Å². The molecule has 0 fully saturated rings. The zero-order valence-electron chi connectivity index (χ0n) is 25.4. The maximum Gasteiger partial charge on any atom is 0.154 e. The van der Waals surface area contributed by atoms with Crippen molar-refractivity contribution in [3.63, 3.8) is 0 Å². The highest BCUT2D eigenvalue weighted by Gasteiger charge is 2.31. The molecule has 2 heterocycles. The Kier molecular flexibility index (Phi) is 5.57. The van der Waals surface area contributed by atoms with Crippen molar-refractivity contribution < 1.29 is 0 Å². The fourth-order valence-corrected chi connectivity index (χ4v) is 7.68. The minimum atomic E-state index is 0.840. The first-order chi connectivity index (χ1) is 23.3. The van der Waals surface area contributed by atoms with Crippen molar-refractivity contribution in [2.45, 2.75) is 0 Å². The molecular formula is C44H27N3. The van der Waals surface area contributed by atoms with Crippen LogP contribution in [0.1, 0.15) is 0 Å². The van der Waals surface area contributed by atoms with Crippen LogP contribution in [0.15, 0.2) is 164 Å². The molecule has 7 aromatic carbocycles. The number of aromatic nitrogens is 3. The monoisotopic (exact) mass is 597 g/mol. The summed E-state index contributed by atoms with van der Waals surface area (Å²) < 4.78 is 1.83. The Labute approximate surface area is 272 Å². The molecule has 0 aliphatic heterocycles. The lowest BCUT2D eigenvalue weighted by atomic mass is 9.82. The largest absolute Gasteiger partial charge is 0.227 e. The Balaban J connectivity index is 1.27. The fourth-order valence-electron chi connectivity index (χ4n) is 7.68. The Morgan fingerprint density at radius 1 is 0.404 bits per heavy atom. The second-order valence-corrected chi connectivity index (χ2v) is 12.2. The third kappa shape index (κ3) is 3.87. The van der Waals surface area contributed by atoms with E-state index in [2.05, 4.69) is 145 Å². The quantitative estimate of drug-likeness (QED) is 0.202. The van der Waals surface area contributed by atoms with Crippen LogP contribution < -0.4 is 0 Å². The third-order valence-corrected chi connectivity index (χ3v) is 9.63. The van der Waals surface area contributed by atoms with Gasteiger partial charge in [-0.3, -0.25) is 0 Å².